The van der Waals surface area contributed by atoms with Crippen LogP contribution in [0.5, 0.6) is 0 Å². The van der Waals surface area contributed by atoms with Gasteiger partial charge < -0.3 is 4.57 Å². The van der Waals surface area contributed by atoms with Crippen LogP contribution in [-0.4, -0.2) is 4.57 Å². The SMILES string of the molecule is Cc1cc(=O)ccn1-c1cccc(-c2ccccc2)c1. The summed E-state index contributed by atoms with van der Waals surface area (Å²) in [4.78, 5) is 11.3. The molecule has 0 radical (unpaired) electrons. The third-order valence-electron chi connectivity index (χ3n) is 3.35. The molecule has 2 aromatic carbocycles. The van der Waals surface area contributed by atoms with Crippen LogP contribution in [0.3, 0.4) is 0 Å². The Balaban J connectivity index is 2.10. The lowest BCUT2D eigenvalue weighted by molar-refractivity contribution is 0.974. The average molecular weight is 261 g/mol. The summed E-state index contributed by atoms with van der Waals surface area (Å²) in [6, 6.07) is 21.8. The molecule has 0 bridgehead atoms. The summed E-state index contributed by atoms with van der Waals surface area (Å²) in [6.07, 6.45) is 1.82. The molecule has 20 heavy (non-hydrogen) atoms. The molecule has 2 heteroatoms. The monoisotopic (exact) mass is 261 g/mol. The van der Waals surface area contributed by atoms with E-state index in [-0.39, 0.29) is 5.43 Å². The number of aryl methyl sites for hydroxylation is 1. The molecular formula is C18H15NO. The Morgan fingerprint density at radius 2 is 1.55 bits per heavy atom. The molecule has 0 N–H and O–H groups in total. The number of nitrogens with zero attached hydrogens (tertiary/aromatic N) is 1. The maximum atomic E-state index is 11.3. The maximum Gasteiger partial charge on any atom is 0.181 e. The number of hydrogen-bond acceptors (Lipinski definition) is 1. The van der Waals surface area contributed by atoms with E-state index in [0.29, 0.717) is 0 Å². The first-order valence-corrected chi connectivity index (χ1v) is 6.59. The van der Waals surface area contributed by atoms with Gasteiger partial charge >= 0.3 is 0 Å². The largest absolute Gasteiger partial charge is 0.321 e. The van der Waals surface area contributed by atoms with Crippen molar-refractivity contribution in [2.24, 2.45) is 0 Å². The summed E-state index contributed by atoms with van der Waals surface area (Å²) in [5.74, 6) is 0. The second-order valence-electron chi connectivity index (χ2n) is 4.79. The van der Waals surface area contributed by atoms with Crippen LogP contribution in [0.1, 0.15) is 5.69 Å². The van der Waals surface area contributed by atoms with E-state index < -0.39 is 0 Å². The Labute approximate surface area is 118 Å². The molecule has 3 aromatic rings. The first kappa shape index (κ1) is 12.4. The highest BCUT2D eigenvalue weighted by atomic mass is 16.1. The van der Waals surface area contributed by atoms with Crippen LogP contribution >= 0.6 is 0 Å². The van der Waals surface area contributed by atoms with E-state index in [2.05, 4.69) is 24.3 Å². The molecular weight excluding hydrogens is 246 g/mol. The fourth-order valence-corrected chi connectivity index (χ4v) is 2.34. The molecule has 0 aliphatic carbocycles. The van der Waals surface area contributed by atoms with Gasteiger partial charge in [-0.25, -0.2) is 0 Å². The molecule has 1 aromatic heterocycles. The molecule has 1 heterocycles. The topological polar surface area (TPSA) is 22.0 Å². The molecule has 98 valence electrons. The molecule has 0 amide bonds. The maximum absolute atomic E-state index is 11.3. The fraction of sp³-hybridized carbons (Fsp3) is 0.0556. The van der Waals surface area contributed by atoms with Gasteiger partial charge in [0.2, 0.25) is 0 Å². The van der Waals surface area contributed by atoms with Crippen molar-refractivity contribution in [3.05, 3.63) is 88.8 Å². The zero-order valence-corrected chi connectivity index (χ0v) is 11.3. The minimum Gasteiger partial charge on any atom is -0.321 e. The summed E-state index contributed by atoms with van der Waals surface area (Å²) in [5.41, 5.74) is 4.39. The smallest absolute Gasteiger partial charge is 0.181 e. The van der Waals surface area contributed by atoms with Gasteiger partial charge in [0.05, 0.1) is 0 Å². The van der Waals surface area contributed by atoms with Crippen molar-refractivity contribution in [3.63, 3.8) is 0 Å². The second-order valence-corrected chi connectivity index (χ2v) is 4.79. The van der Waals surface area contributed by atoms with E-state index in [4.69, 9.17) is 0 Å². The van der Waals surface area contributed by atoms with E-state index in [0.717, 1.165) is 11.4 Å². The Morgan fingerprint density at radius 3 is 2.30 bits per heavy atom. The highest BCUT2D eigenvalue weighted by molar-refractivity contribution is 5.65. The number of hydrogen-bond donors (Lipinski definition) is 0. The van der Waals surface area contributed by atoms with Gasteiger partial charge in [-0.3, -0.25) is 4.79 Å². The van der Waals surface area contributed by atoms with E-state index in [1.807, 2.05) is 48.0 Å². The van der Waals surface area contributed by atoms with Gasteiger partial charge in [-0.15, -0.1) is 0 Å². The van der Waals surface area contributed by atoms with Crippen molar-refractivity contribution in [2.45, 2.75) is 6.92 Å². The first-order chi connectivity index (χ1) is 9.74. The molecule has 0 aliphatic rings. The van der Waals surface area contributed by atoms with Gasteiger partial charge in [0.1, 0.15) is 0 Å². The summed E-state index contributed by atoms with van der Waals surface area (Å²) in [6.45, 7) is 1.94. The normalized spacial score (nSPS) is 10.4. The van der Waals surface area contributed by atoms with Crippen molar-refractivity contribution >= 4 is 0 Å². The number of benzene rings is 2. The van der Waals surface area contributed by atoms with E-state index in [9.17, 15) is 4.79 Å². The minimum atomic E-state index is 0.0398. The zero-order valence-electron chi connectivity index (χ0n) is 11.3. The van der Waals surface area contributed by atoms with Gasteiger partial charge in [0.15, 0.2) is 5.43 Å². The van der Waals surface area contributed by atoms with Crippen LogP contribution in [-0.2, 0) is 0 Å². The average Bonchev–Trinajstić information content (AvgIpc) is 2.48. The number of aromatic nitrogens is 1. The van der Waals surface area contributed by atoms with Crippen molar-refractivity contribution in [1.29, 1.82) is 0 Å². The van der Waals surface area contributed by atoms with Crippen molar-refractivity contribution in [3.8, 4) is 16.8 Å². The molecule has 0 saturated heterocycles. The molecule has 0 aliphatic heterocycles. The minimum absolute atomic E-state index is 0.0398. The van der Waals surface area contributed by atoms with Crippen LogP contribution in [0.25, 0.3) is 16.8 Å². The van der Waals surface area contributed by atoms with E-state index in [1.54, 1.807) is 12.1 Å². The zero-order chi connectivity index (χ0) is 13.9. The second kappa shape index (κ2) is 5.17. The Bertz CT molecular complexity index is 788. The molecule has 2 nitrogen and oxygen atoms in total. The lowest BCUT2D eigenvalue weighted by Gasteiger charge is -2.11. The van der Waals surface area contributed by atoms with Gasteiger partial charge in [0.25, 0.3) is 0 Å². The summed E-state index contributed by atoms with van der Waals surface area (Å²) < 4.78 is 2.02. The third kappa shape index (κ3) is 2.41. The van der Waals surface area contributed by atoms with Crippen LogP contribution in [0, 0.1) is 6.92 Å². The summed E-state index contributed by atoms with van der Waals surface area (Å²) in [7, 11) is 0. The molecule has 0 saturated carbocycles. The van der Waals surface area contributed by atoms with Crippen molar-refractivity contribution < 1.29 is 0 Å². The lowest BCUT2D eigenvalue weighted by Crippen LogP contribution is -2.06. The van der Waals surface area contributed by atoms with E-state index in [1.165, 1.54) is 11.1 Å². The summed E-state index contributed by atoms with van der Waals surface area (Å²) in [5, 5.41) is 0. The molecule has 0 atom stereocenters. The molecule has 0 fully saturated rings. The Kier molecular flexibility index (Phi) is 3.21. The van der Waals surface area contributed by atoms with E-state index >= 15 is 0 Å². The van der Waals surface area contributed by atoms with Crippen LogP contribution < -0.4 is 5.43 Å². The fourth-order valence-electron chi connectivity index (χ4n) is 2.34. The number of pyridine rings is 1. The van der Waals surface area contributed by atoms with Crippen LogP contribution in [0.4, 0.5) is 0 Å². The lowest BCUT2D eigenvalue weighted by atomic mass is 10.1. The first-order valence-electron chi connectivity index (χ1n) is 6.59. The Hall–Kier alpha value is -2.61. The van der Waals surface area contributed by atoms with Crippen molar-refractivity contribution in [1.82, 2.24) is 4.57 Å². The quantitative estimate of drug-likeness (QED) is 0.687. The van der Waals surface area contributed by atoms with Crippen LogP contribution in [0.2, 0.25) is 0 Å². The predicted octanol–water partition coefficient (Wildman–Crippen LogP) is 3.81. The van der Waals surface area contributed by atoms with Gasteiger partial charge in [-0.1, -0.05) is 42.5 Å². The number of rotatable bonds is 2. The van der Waals surface area contributed by atoms with Crippen molar-refractivity contribution in [2.75, 3.05) is 0 Å². The Morgan fingerprint density at radius 1 is 0.800 bits per heavy atom. The molecule has 0 spiro atoms. The standard InChI is InChI=1S/C18H15NO/c1-14-12-18(20)10-11-19(14)17-9-5-8-16(13-17)15-6-3-2-4-7-15/h2-13H,1H3. The highest BCUT2D eigenvalue weighted by Crippen LogP contribution is 2.22. The van der Waals surface area contributed by atoms with Gasteiger partial charge in [-0.05, 0) is 30.2 Å². The van der Waals surface area contributed by atoms with Gasteiger partial charge in [-0.2, -0.15) is 0 Å². The summed E-state index contributed by atoms with van der Waals surface area (Å²) >= 11 is 0. The third-order valence-corrected chi connectivity index (χ3v) is 3.35. The van der Waals surface area contributed by atoms with Crippen LogP contribution in [0.15, 0.2) is 77.7 Å². The molecule has 3 rings (SSSR count). The molecule has 0 unspecified atom stereocenters. The highest BCUT2D eigenvalue weighted by Gasteiger charge is 2.02. The van der Waals surface area contributed by atoms with Gasteiger partial charge in [0, 0.05) is 29.7 Å². The predicted molar refractivity (Wildman–Crippen MR) is 82.2 cm³/mol.